The highest BCUT2D eigenvalue weighted by Gasteiger charge is 2.25. The number of hydrogen-bond acceptors (Lipinski definition) is 6. The van der Waals surface area contributed by atoms with Gasteiger partial charge in [0, 0.05) is 18.0 Å². The third-order valence-electron chi connectivity index (χ3n) is 6.98. The Morgan fingerprint density at radius 3 is 2.12 bits per heavy atom. The number of pyridine rings is 1. The number of aliphatic hydroxyl groups excluding tert-OH is 1. The Morgan fingerprint density at radius 1 is 0.814 bits per heavy atom. The van der Waals surface area contributed by atoms with Crippen molar-refractivity contribution >= 4 is 22.9 Å². The van der Waals surface area contributed by atoms with Crippen LogP contribution in [0.1, 0.15) is 48.8 Å². The molecule has 0 saturated heterocycles. The maximum absolute atomic E-state index is 13.2. The van der Waals surface area contributed by atoms with Gasteiger partial charge in [0.25, 0.3) is 5.91 Å². The largest absolute Gasteiger partial charge is 0.444 e. The van der Waals surface area contributed by atoms with Crippen LogP contribution in [0, 0.1) is 0 Å². The molecule has 8 heteroatoms. The van der Waals surface area contributed by atoms with Crippen molar-refractivity contribution in [1.82, 2.24) is 20.9 Å². The Bertz CT molecular complexity index is 1460. The number of fused-ring (bicyclic) bond motifs is 1. The molecule has 0 fully saturated rings. The fraction of sp³-hybridized carbons (Fsp3) is 0.343. The minimum absolute atomic E-state index is 0.159. The number of carbonyl (C=O) groups excluding carboxylic acids is 2. The Kier molecular flexibility index (Phi) is 11.2. The van der Waals surface area contributed by atoms with Crippen molar-refractivity contribution in [3.05, 3.63) is 114 Å². The number of aliphatic hydroxyl groups is 1. The molecular weight excluding hydrogens is 540 g/mol. The van der Waals surface area contributed by atoms with Crippen LogP contribution in [-0.4, -0.2) is 59.0 Å². The SMILES string of the molecule is CC(C)(C)OC(=O)N[C@@H](Cc1ccccc1)[C@H](O)CNCC[C@H](Cc1ccccc1)NC(=O)c1ccc2ccccc2n1. The summed E-state index contributed by atoms with van der Waals surface area (Å²) in [5.41, 5.74) is 2.61. The second-order valence-electron chi connectivity index (χ2n) is 11.8. The third-order valence-corrected chi connectivity index (χ3v) is 6.98. The van der Waals surface area contributed by atoms with Gasteiger partial charge in [-0.05, 0) is 69.8 Å². The lowest BCUT2D eigenvalue weighted by molar-refractivity contribution is 0.0422. The molecule has 0 bridgehead atoms. The number of hydrogen-bond donors (Lipinski definition) is 4. The van der Waals surface area contributed by atoms with E-state index in [1.165, 1.54) is 0 Å². The first-order valence-corrected chi connectivity index (χ1v) is 14.8. The van der Waals surface area contributed by atoms with E-state index >= 15 is 0 Å². The molecule has 0 saturated carbocycles. The summed E-state index contributed by atoms with van der Waals surface area (Å²) in [6, 6.07) is 30.4. The zero-order valence-electron chi connectivity index (χ0n) is 25.1. The number of nitrogens with one attached hydrogen (secondary N) is 3. The lowest BCUT2D eigenvalue weighted by atomic mass is 10.0. The summed E-state index contributed by atoms with van der Waals surface area (Å²) in [6.45, 7) is 6.21. The van der Waals surface area contributed by atoms with Gasteiger partial charge in [0.1, 0.15) is 11.3 Å². The molecule has 4 rings (SSSR count). The van der Waals surface area contributed by atoms with Crippen LogP contribution < -0.4 is 16.0 Å². The van der Waals surface area contributed by atoms with Crippen molar-refractivity contribution in [2.45, 2.75) is 63.8 Å². The molecule has 0 aliphatic heterocycles. The first-order valence-electron chi connectivity index (χ1n) is 14.8. The van der Waals surface area contributed by atoms with E-state index in [4.69, 9.17) is 4.74 Å². The van der Waals surface area contributed by atoms with E-state index in [-0.39, 0.29) is 18.5 Å². The first-order chi connectivity index (χ1) is 20.7. The van der Waals surface area contributed by atoms with Gasteiger partial charge in [0.15, 0.2) is 0 Å². The van der Waals surface area contributed by atoms with Gasteiger partial charge in [0.05, 0.1) is 17.7 Å². The van der Waals surface area contributed by atoms with Gasteiger partial charge in [-0.3, -0.25) is 4.79 Å². The topological polar surface area (TPSA) is 113 Å². The van der Waals surface area contributed by atoms with E-state index in [0.29, 0.717) is 31.5 Å². The van der Waals surface area contributed by atoms with Crippen LogP contribution in [0.5, 0.6) is 0 Å². The van der Waals surface area contributed by atoms with Gasteiger partial charge < -0.3 is 25.8 Å². The maximum atomic E-state index is 13.2. The molecule has 0 aliphatic rings. The van der Waals surface area contributed by atoms with Gasteiger partial charge >= 0.3 is 6.09 Å². The van der Waals surface area contributed by atoms with E-state index in [1.54, 1.807) is 26.8 Å². The average molecular weight is 583 g/mol. The Labute approximate surface area is 253 Å². The van der Waals surface area contributed by atoms with E-state index in [9.17, 15) is 14.7 Å². The molecule has 3 atom stereocenters. The molecule has 0 aliphatic carbocycles. The second kappa shape index (κ2) is 15.3. The lowest BCUT2D eigenvalue weighted by Gasteiger charge is -2.27. The van der Waals surface area contributed by atoms with Crippen LogP contribution in [0.25, 0.3) is 10.9 Å². The van der Waals surface area contributed by atoms with Crippen molar-refractivity contribution < 1.29 is 19.4 Å². The minimum Gasteiger partial charge on any atom is -0.444 e. The minimum atomic E-state index is -0.864. The van der Waals surface area contributed by atoms with Crippen LogP contribution in [0.15, 0.2) is 97.1 Å². The molecule has 4 aromatic rings. The van der Waals surface area contributed by atoms with Crippen molar-refractivity contribution in [2.75, 3.05) is 13.1 Å². The smallest absolute Gasteiger partial charge is 0.407 e. The summed E-state index contributed by atoms with van der Waals surface area (Å²) in [4.78, 5) is 30.3. The molecule has 2 amide bonds. The van der Waals surface area contributed by atoms with E-state index < -0.39 is 23.8 Å². The molecule has 8 nitrogen and oxygen atoms in total. The van der Waals surface area contributed by atoms with Crippen LogP contribution in [-0.2, 0) is 17.6 Å². The molecule has 0 unspecified atom stereocenters. The number of ether oxygens (including phenoxy) is 1. The first kappa shape index (κ1) is 31.7. The highest BCUT2D eigenvalue weighted by molar-refractivity contribution is 5.95. The maximum Gasteiger partial charge on any atom is 0.407 e. The fourth-order valence-electron chi connectivity index (χ4n) is 4.85. The third kappa shape index (κ3) is 10.5. The monoisotopic (exact) mass is 582 g/mol. The summed E-state index contributed by atoms with van der Waals surface area (Å²) in [5, 5.41) is 21.4. The summed E-state index contributed by atoms with van der Waals surface area (Å²) < 4.78 is 5.44. The molecule has 1 aromatic heterocycles. The quantitative estimate of drug-likeness (QED) is 0.164. The zero-order valence-corrected chi connectivity index (χ0v) is 25.1. The van der Waals surface area contributed by atoms with Gasteiger partial charge in [-0.15, -0.1) is 0 Å². The van der Waals surface area contributed by atoms with Gasteiger partial charge in [-0.1, -0.05) is 84.9 Å². The molecule has 43 heavy (non-hydrogen) atoms. The molecule has 1 heterocycles. The predicted octanol–water partition coefficient (Wildman–Crippen LogP) is 5.05. The van der Waals surface area contributed by atoms with E-state index in [0.717, 1.165) is 22.0 Å². The number of alkyl carbamates (subject to hydrolysis) is 1. The van der Waals surface area contributed by atoms with Crippen LogP contribution in [0.3, 0.4) is 0 Å². The number of rotatable bonds is 13. The normalized spacial score (nSPS) is 13.6. The van der Waals surface area contributed by atoms with Crippen molar-refractivity contribution in [2.24, 2.45) is 0 Å². The number of para-hydroxylation sites is 1. The molecule has 0 spiro atoms. The second-order valence-corrected chi connectivity index (χ2v) is 11.8. The Balaban J connectivity index is 1.37. The van der Waals surface area contributed by atoms with Crippen LogP contribution >= 0.6 is 0 Å². The van der Waals surface area contributed by atoms with E-state index in [2.05, 4.69) is 20.9 Å². The number of carbonyl (C=O) groups is 2. The molecule has 3 aromatic carbocycles. The summed E-state index contributed by atoms with van der Waals surface area (Å²) >= 11 is 0. The predicted molar refractivity (Wildman–Crippen MR) is 170 cm³/mol. The Hall–Kier alpha value is -4.27. The van der Waals surface area contributed by atoms with Crippen molar-refractivity contribution in [3.8, 4) is 0 Å². The zero-order chi connectivity index (χ0) is 30.7. The molecular formula is C35H42N4O4. The Morgan fingerprint density at radius 2 is 1.44 bits per heavy atom. The molecule has 0 radical (unpaired) electrons. The summed E-state index contributed by atoms with van der Waals surface area (Å²) in [5.74, 6) is -0.226. The van der Waals surface area contributed by atoms with Crippen LogP contribution in [0.2, 0.25) is 0 Å². The van der Waals surface area contributed by atoms with Gasteiger partial charge in [0.2, 0.25) is 0 Å². The van der Waals surface area contributed by atoms with E-state index in [1.807, 2.05) is 91.0 Å². The van der Waals surface area contributed by atoms with Crippen molar-refractivity contribution in [1.29, 1.82) is 0 Å². The standard InChI is InChI=1S/C35H42N4O4/c1-35(2,3)43-34(42)39-31(23-26-14-8-5-9-15-26)32(40)24-36-21-20-28(22-25-12-6-4-7-13-25)37-33(41)30-19-18-27-16-10-11-17-29(27)38-30/h4-19,28,31-32,36,40H,20-24H2,1-3H3,(H,37,41)(H,39,42)/t28-,31+,32-/m1/s1. The number of amides is 2. The fourth-order valence-corrected chi connectivity index (χ4v) is 4.85. The number of benzene rings is 3. The summed E-state index contributed by atoms with van der Waals surface area (Å²) in [6.07, 6.45) is 0.302. The molecule has 226 valence electrons. The summed E-state index contributed by atoms with van der Waals surface area (Å²) in [7, 11) is 0. The highest BCUT2D eigenvalue weighted by Crippen LogP contribution is 2.14. The van der Waals surface area contributed by atoms with Gasteiger partial charge in [-0.25, -0.2) is 9.78 Å². The lowest BCUT2D eigenvalue weighted by Crippen LogP contribution is -2.50. The molecule has 4 N–H and O–H groups in total. The van der Waals surface area contributed by atoms with Crippen LogP contribution in [0.4, 0.5) is 4.79 Å². The highest BCUT2D eigenvalue weighted by atomic mass is 16.6. The number of nitrogens with zero attached hydrogens (tertiary/aromatic N) is 1. The number of aromatic nitrogens is 1. The average Bonchev–Trinajstić information content (AvgIpc) is 2.98. The van der Waals surface area contributed by atoms with Crippen molar-refractivity contribution in [3.63, 3.8) is 0 Å². The van der Waals surface area contributed by atoms with Gasteiger partial charge in [-0.2, -0.15) is 0 Å².